The Labute approximate surface area is 96.5 Å². The molecule has 2 N–H and O–H groups in total. The highest BCUT2D eigenvalue weighted by molar-refractivity contribution is 5.50. The summed E-state index contributed by atoms with van der Waals surface area (Å²) >= 11 is 0. The first kappa shape index (κ1) is 11.1. The lowest BCUT2D eigenvalue weighted by Gasteiger charge is -2.25. The van der Waals surface area contributed by atoms with Crippen LogP contribution in [0.15, 0.2) is 18.2 Å². The summed E-state index contributed by atoms with van der Waals surface area (Å²) in [6.07, 6.45) is 5.26. The molecule has 3 nitrogen and oxygen atoms in total. The summed E-state index contributed by atoms with van der Waals surface area (Å²) in [5.41, 5.74) is 6.42. The van der Waals surface area contributed by atoms with Crippen molar-refractivity contribution in [3.63, 3.8) is 0 Å². The molecule has 1 aromatic rings. The first-order chi connectivity index (χ1) is 7.78. The van der Waals surface area contributed by atoms with Crippen molar-refractivity contribution in [2.45, 2.75) is 25.7 Å². The second-order valence-electron chi connectivity index (χ2n) is 4.38. The summed E-state index contributed by atoms with van der Waals surface area (Å²) in [4.78, 5) is 0. The van der Waals surface area contributed by atoms with Gasteiger partial charge in [0.2, 0.25) is 0 Å². The van der Waals surface area contributed by atoms with E-state index < -0.39 is 0 Å². The lowest BCUT2D eigenvalue weighted by atomic mass is 9.83. The fourth-order valence-corrected chi connectivity index (χ4v) is 1.92. The molecule has 0 aliphatic heterocycles. The Morgan fingerprint density at radius 2 is 2.00 bits per heavy atom. The van der Waals surface area contributed by atoms with Gasteiger partial charge in [-0.2, -0.15) is 0 Å². The summed E-state index contributed by atoms with van der Waals surface area (Å²) in [6.45, 7) is 0.775. The molecule has 2 rings (SSSR count). The minimum absolute atomic E-state index is 0.679. The normalized spacial score (nSPS) is 15.6. The van der Waals surface area contributed by atoms with E-state index in [2.05, 4.69) is 0 Å². The Hall–Kier alpha value is -1.38. The molecule has 16 heavy (non-hydrogen) atoms. The minimum Gasteiger partial charge on any atom is -0.497 e. The number of nitrogens with two attached hydrogens (primary N) is 1. The summed E-state index contributed by atoms with van der Waals surface area (Å²) in [5.74, 6) is 2.43. The topological polar surface area (TPSA) is 44.5 Å². The largest absolute Gasteiger partial charge is 0.497 e. The Balaban J connectivity index is 1.84. The van der Waals surface area contributed by atoms with Gasteiger partial charge in [-0.1, -0.05) is 19.3 Å². The van der Waals surface area contributed by atoms with Gasteiger partial charge in [-0.25, -0.2) is 0 Å². The van der Waals surface area contributed by atoms with Crippen LogP contribution in [0, 0.1) is 5.92 Å². The fraction of sp³-hybridized carbons (Fsp3) is 0.538. The summed E-state index contributed by atoms with van der Waals surface area (Å²) in [5, 5.41) is 0. The van der Waals surface area contributed by atoms with Crippen molar-refractivity contribution in [3.05, 3.63) is 18.2 Å². The number of benzene rings is 1. The zero-order chi connectivity index (χ0) is 11.4. The van der Waals surface area contributed by atoms with E-state index in [4.69, 9.17) is 15.2 Å². The lowest BCUT2D eigenvalue weighted by Crippen LogP contribution is -2.14. The highest BCUT2D eigenvalue weighted by atomic mass is 16.5. The number of hydrogen-bond donors (Lipinski definition) is 1. The van der Waals surface area contributed by atoms with Crippen molar-refractivity contribution < 1.29 is 9.47 Å². The standard InChI is InChI=1S/C13H19NO2/c1-15-12-7-11(14)8-13(9-12)16-6-5-10-3-2-4-10/h7-10H,2-6,14H2,1H3. The van der Waals surface area contributed by atoms with E-state index in [9.17, 15) is 0 Å². The molecule has 1 aliphatic rings. The molecule has 0 bridgehead atoms. The summed E-state index contributed by atoms with van der Waals surface area (Å²) in [6, 6.07) is 5.50. The smallest absolute Gasteiger partial charge is 0.125 e. The van der Waals surface area contributed by atoms with E-state index in [0.29, 0.717) is 5.69 Å². The molecule has 0 atom stereocenters. The van der Waals surface area contributed by atoms with Gasteiger partial charge in [0.1, 0.15) is 11.5 Å². The van der Waals surface area contributed by atoms with Crippen LogP contribution in [0.2, 0.25) is 0 Å². The van der Waals surface area contributed by atoms with Crippen LogP contribution in [0.1, 0.15) is 25.7 Å². The van der Waals surface area contributed by atoms with E-state index in [1.54, 1.807) is 13.2 Å². The van der Waals surface area contributed by atoms with E-state index in [-0.39, 0.29) is 0 Å². The number of ether oxygens (including phenoxy) is 2. The zero-order valence-corrected chi connectivity index (χ0v) is 9.74. The first-order valence-corrected chi connectivity index (χ1v) is 5.85. The van der Waals surface area contributed by atoms with Gasteiger partial charge in [-0.3, -0.25) is 0 Å². The van der Waals surface area contributed by atoms with Crippen molar-refractivity contribution in [2.75, 3.05) is 19.5 Å². The van der Waals surface area contributed by atoms with Crippen molar-refractivity contribution in [1.29, 1.82) is 0 Å². The predicted molar refractivity (Wildman–Crippen MR) is 64.9 cm³/mol. The molecule has 3 heteroatoms. The predicted octanol–water partition coefficient (Wildman–Crippen LogP) is 2.85. The van der Waals surface area contributed by atoms with Crippen LogP contribution in [0.25, 0.3) is 0 Å². The van der Waals surface area contributed by atoms with E-state index in [0.717, 1.165) is 30.4 Å². The molecule has 0 heterocycles. The van der Waals surface area contributed by atoms with Gasteiger partial charge in [-0.05, 0) is 12.3 Å². The second-order valence-corrected chi connectivity index (χ2v) is 4.38. The molecule has 1 fully saturated rings. The maximum atomic E-state index is 5.74. The van der Waals surface area contributed by atoms with Crippen LogP contribution >= 0.6 is 0 Å². The van der Waals surface area contributed by atoms with Gasteiger partial charge >= 0.3 is 0 Å². The van der Waals surface area contributed by atoms with Gasteiger partial charge in [0.25, 0.3) is 0 Å². The third kappa shape index (κ3) is 2.81. The number of rotatable bonds is 5. The number of anilines is 1. The lowest BCUT2D eigenvalue weighted by molar-refractivity contribution is 0.221. The maximum absolute atomic E-state index is 5.74. The van der Waals surface area contributed by atoms with E-state index in [1.165, 1.54) is 19.3 Å². The Morgan fingerprint density at radius 1 is 1.25 bits per heavy atom. The van der Waals surface area contributed by atoms with E-state index >= 15 is 0 Å². The number of nitrogen functional groups attached to an aromatic ring is 1. The van der Waals surface area contributed by atoms with Gasteiger partial charge in [-0.15, -0.1) is 0 Å². The average molecular weight is 221 g/mol. The third-order valence-electron chi connectivity index (χ3n) is 3.16. The summed E-state index contributed by atoms with van der Waals surface area (Å²) < 4.78 is 10.8. The Morgan fingerprint density at radius 3 is 2.62 bits per heavy atom. The molecular formula is C13H19NO2. The zero-order valence-electron chi connectivity index (χ0n) is 9.74. The highest BCUT2D eigenvalue weighted by Crippen LogP contribution is 2.30. The monoisotopic (exact) mass is 221 g/mol. The minimum atomic E-state index is 0.679. The quantitative estimate of drug-likeness (QED) is 0.777. The van der Waals surface area contributed by atoms with Crippen molar-refractivity contribution in [3.8, 4) is 11.5 Å². The van der Waals surface area contributed by atoms with E-state index in [1.807, 2.05) is 12.1 Å². The molecule has 1 saturated carbocycles. The molecule has 0 spiro atoms. The van der Waals surface area contributed by atoms with Crippen LogP contribution in [-0.4, -0.2) is 13.7 Å². The molecule has 0 radical (unpaired) electrons. The number of methoxy groups -OCH3 is 1. The highest BCUT2D eigenvalue weighted by Gasteiger charge is 2.16. The molecule has 0 aromatic heterocycles. The first-order valence-electron chi connectivity index (χ1n) is 5.85. The van der Waals surface area contributed by atoms with Crippen LogP contribution in [0.5, 0.6) is 11.5 Å². The van der Waals surface area contributed by atoms with Gasteiger partial charge in [0.05, 0.1) is 13.7 Å². The van der Waals surface area contributed by atoms with Crippen molar-refractivity contribution in [2.24, 2.45) is 5.92 Å². The van der Waals surface area contributed by atoms with Gasteiger partial charge < -0.3 is 15.2 Å². The maximum Gasteiger partial charge on any atom is 0.125 e. The molecule has 1 aromatic carbocycles. The average Bonchev–Trinajstić information content (AvgIpc) is 2.21. The Bertz CT molecular complexity index is 348. The molecule has 0 saturated heterocycles. The van der Waals surface area contributed by atoms with Gasteiger partial charge in [0, 0.05) is 23.9 Å². The molecule has 1 aliphatic carbocycles. The van der Waals surface area contributed by atoms with Crippen LogP contribution in [-0.2, 0) is 0 Å². The molecule has 0 unspecified atom stereocenters. The number of hydrogen-bond acceptors (Lipinski definition) is 3. The Kier molecular flexibility index (Phi) is 3.54. The molecular weight excluding hydrogens is 202 g/mol. The SMILES string of the molecule is COc1cc(N)cc(OCCC2CCC2)c1. The van der Waals surface area contributed by atoms with Crippen LogP contribution in [0.4, 0.5) is 5.69 Å². The van der Waals surface area contributed by atoms with Crippen LogP contribution < -0.4 is 15.2 Å². The van der Waals surface area contributed by atoms with Gasteiger partial charge in [0.15, 0.2) is 0 Å². The second kappa shape index (κ2) is 5.10. The third-order valence-corrected chi connectivity index (χ3v) is 3.16. The van der Waals surface area contributed by atoms with Crippen molar-refractivity contribution in [1.82, 2.24) is 0 Å². The molecule has 0 amide bonds. The van der Waals surface area contributed by atoms with Crippen LogP contribution in [0.3, 0.4) is 0 Å². The fourth-order valence-electron chi connectivity index (χ4n) is 1.92. The molecule has 88 valence electrons. The summed E-state index contributed by atoms with van der Waals surface area (Å²) in [7, 11) is 1.63. The van der Waals surface area contributed by atoms with Crippen molar-refractivity contribution >= 4 is 5.69 Å².